The predicted octanol–water partition coefficient (Wildman–Crippen LogP) is 1.95. The summed E-state index contributed by atoms with van der Waals surface area (Å²) < 4.78 is 1.58. The number of hydrogen-bond donors (Lipinski definition) is 1. The van der Waals surface area contributed by atoms with Crippen molar-refractivity contribution in [3.8, 4) is 5.69 Å². The van der Waals surface area contributed by atoms with Crippen LogP contribution in [0, 0.1) is 19.8 Å². The molecule has 1 aliphatic rings. The van der Waals surface area contributed by atoms with Crippen LogP contribution in [0.3, 0.4) is 0 Å². The van der Waals surface area contributed by atoms with Crippen LogP contribution >= 0.6 is 0 Å². The van der Waals surface area contributed by atoms with Crippen LogP contribution < -0.4 is 10.2 Å². The SMILES string of the molecule is Cc1ccc(N2C[C@@H](C(=O)NCc3nnnn3-c3ccccc3)CC2=O)cc1C. The standard InChI is InChI=1S/C21H22N6O2/c1-14-8-9-18(10-15(14)2)26-13-16(11-20(26)28)21(29)22-12-19-23-24-25-27(19)17-6-4-3-5-7-17/h3-10,16H,11-13H2,1-2H3,(H,22,29)/t16-/m0/s1. The number of amides is 2. The van der Waals surface area contributed by atoms with Crippen molar-refractivity contribution >= 4 is 17.5 Å². The Morgan fingerprint density at radius 3 is 2.66 bits per heavy atom. The summed E-state index contributed by atoms with van der Waals surface area (Å²) in [5.41, 5.74) is 3.95. The summed E-state index contributed by atoms with van der Waals surface area (Å²) in [6, 6.07) is 15.4. The number of anilines is 1. The summed E-state index contributed by atoms with van der Waals surface area (Å²) in [7, 11) is 0. The molecule has 0 unspecified atom stereocenters. The van der Waals surface area contributed by atoms with Gasteiger partial charge < -0.3 is 10.2 Å². The summed E-state index contributed by atoms with van der Waals surface area (Å²) in [4.78, 5) is 26.8. The lowest BCUT2D eigenvalue weighted by molar-refractivity contribution is -0.126. The molecule has 0 radical (unpaired) electrons. The number of nitrogens with zero attached hydrogens (tertiary/aromatic N) is 5. The molecule has 1 aromatic heterocycles. The fourth-order valence-corrected chi connectivity index (χ4v) is 3.42. The molecule has 0 bridgehead atoms. The maximum atomic E-state index is 12.7. The zero-order chi connectivity index (χ0) is 20.4. The smallest absolute Gasteiger partial charge is 0.227 e. The molecule has 2 aromatic carbocycles. The highest BCUT2D eigenvalue weighted by Crippen LogP contribution is 2.27. The third-order valence-electron chi connectivity index (χ3n) is 5.25. The van der Waals surface area contributed by atoms with Crippen LogP contribution in [0.1, 0.15) is 23.4 Å². The minimum absolute atomic E-state index is 0.0393. The molecule has 8 nitrogen and oxygen atoms in total. The molecule has 2 heterocycles. The maximum absolute atomic E-state index is 12.7. The molecule has 3 aromatic rings. The van der Waals surface area contributed by atoms with Gasteiger partial charge in [-0.15, -0.1) is 5.10 Å². The Morgan fingerprint density at radius 1 is 1.10 bits per heavy atom. The third kappa shape index (κ3) is 3.87. The highest BCUT2D eigenvalue weighted by Gasteiger charge is 2.35. The normalized spacial score (nSPS) is 16.3. The fourth-order valence-electron chi connectivity index (χ4n) is 3.42. The maximum Gasteiger partial charge on any atom is 0.227 e. The molecule has 1 fully saturated rings. The average Bonchev–Trinajstić information content (AvgIpc) is 3.35. The first-order chi connectivity index (χ1) is 14.0. The van der Waals surface area contributed by atoms with Crippen molar-refractivity contribution < 1.29 is 9.59 Å². The van der Waals surface area contributed by atoms with E-state index in [1.807, 2.05) is 62.4 Å². The van der Waals surface area contributed by atoms with Crippen molar-refractivity contribution in [2.75, 3.05) is 11.4 Å². The minimum atomic E-state index is -0.398. The van der Waals surface area contributed by atoms with Crippen LogP contribution in [0.25, 0.3) is 5.69 Å². The molecule has 148 valence electrons. The van der Waals surface area contributed by atoms with Crippen LogP contribution in [0.15, 0.2) is 48.5 Å². The molecule has 8 heteroatoms. The third-order valence-corrected chi connectivity index (χ3v) is 5.25. The lowest BCUT2D eigenvalue weighted by Crippen LogP contribution is -2.33. The Kier molecular flexibility index (Phi) is 5.07. The zero-order valence-corrected chi connectivity index (χ0v) is 16.4. The van der Waals surface area contributed by atoms with Gasteiger partial charge >= 0.3 is 0 Å². The molecule has 2 amide bonds. The highest BCUT2D eigenvalue weighted by molar-refractivity contribution is 6.00. The summed E-state index contributed by atoms with van der Waals surface area (Å²) in [5.74, 6) is -0.0835. The second-order valence-electron chi connectivity index (χ2n) is 7.23. The summed E-state index contributed by atoms with van der Waals surface area (Å²) >= 11 is 0. The lowest BCUT2D eigenvalue weighted by Gasteiger charge is -2.18. The van der Waals surface area contributed by atoms with Crippen molar-refractivity contribution in [2.45, 2.75) is 26.8 Å². The number of carbonyl (C=O) groups is 2. The van der Waals surface area contributed by atoms with Gasteiger partial charge in [0.2, 0.25) is 11.8 Å². The van der Waals surface area contributed by atoms with E-state index < -0.39 is 5.92 Å². The van der Waals surface area contributed by atoms with Crippen molar-refractivity contribution in [2.24, 2.45) is 5.92 Å². The van der Waals surface area contributed by atoms with Gasteiger partial charge in [-0.25, -0.2) is 0 Å². The van der Waals surface area contributed by atoms with Gasteiger partial charge in [0.15, 0.2) is 5.82 Å². The largest absolute Gasteiger partial charge is 0.348 e. The van der Waals surface area contributed by atoms with E-state index in [-0.39, 0.29) is 24.8 Å². The highest BCUT2D eigenvalue weighted by atomic mass is 16.2. The molecular formula is C21H22N6O2. The Bertz CT molecular complexity index is 1050. The van der Waals surface area contributed by atoms with Gasteiger partial charge in [-0.1, -0.05) is 24.3 Å². The monoisotopic (exact) mass is 390 g/mol. The average molecular weight is 390 g/mol. The summed E-state index contributed by atoms with van der Waals surface area (Å²) in [5, 5.41) is 14.6. The molecule has 0 saturated carbocycles. The first-order valence-corrected chi connectivity index (χ1v) is 9.51. The molecule has 0 spiro atoms. The fraction of sp³-hybridized carbons (Fsp3) is 0.286. The van der Waals surface area contributed by atoms with E-state index in [9.17, 15) is 9.59 Å². The summed E-state index contributed by atoms with van der Waals surface area (Å²) in [6.45, 7) is 4.61. The van der Waals surface area contributed by atoms with Crippen molar-refractivity contribution in [3.63, 3.8) is 0 Å². The molecule has 1 saturated heterocycles. The Hall–Kier alpha value is -3.55. The van der Waals surface area contributed by atoms with Gasteiger partial charge in [0.05, 0.1) is 18.2 Å². The number of rotatable bonds is 5. The van der Waals surface area contributed by atoms with E-state index in [1.165, 1.54) is 5.56 Å². The van der Waals surface area contributed by atoms with Crippen LogP contribution in [0.5, 0.6) is 0 Å². The van der Waals surface area contributed by atoms with Gasteiger partial charge in [0, 0.05) is 18.7 Å². The number of carbonyl (C=O) groups excluding carboxylic acids is 2. The van der Waals surface area contributed by atoms with Gasteiger partial charge in [-0.2, -0.15) is 4.68 Å². The second kappa shape index (κ2) is 7.83. The van der Waals surface area contributed by atoms with Crippen LogP contribution in [-0.4, -0.2) is 38.6 Å². The minimum Gasteiger partial charge on any atom is -0.348 e. The Morgan fingerprint density at radius 2 is 1.90 bits per heavy atom. The molecule has 0 aliphatic carbocycles. The number of para-hydroxylation sites is 1. The number of aromatic nitrogens is 4. The first kappa shape index (κ1) is 18.8. The molecule has 1 atom stereocenters. The number of tetrazole rings is 1. The zero-order valence-electron chi connectivity index (χ0n) is 16.4. The number of aryl methyl sites for hydroxylation is 2. The van der Waals surface area contributed by atoms with Crippen molar-refractivity contribution in [3.05, 3.63) is 65.5 Å². The molecule has 4 rings (SSSR count). The molecule has 1 N–H and O–H groups in total. The van der Waals surface area contributed by atoms with E-state index >= 15 is 0 Å². The lowest BCUT2D eigenvalue weighted by atomic mass is 10.1. The van der Waals surface area contributed by atoms with Gasteiger partial charge in [-0.05, 0) is 59.7 Å². The Balaban J connectivity index is 1.41. The van der Waals surface area contributed by atoms with Gasteiger partial charge in [-0.3, -0.25) is 9.59 Å². The second-order valence-corrected chi connectivity index (χ2v) is 7.23. The first-order valence-electron chi connectivity index (χ1n) is 9.51. The molecule has 1 aliphatic heterocycles. The number of benzene rings is 2. The van der Waals surface area contributed by atoms with Crippen molar-refractivity contribution in [1.29, 1.82) is 0 Å². The van der Waals surface area contributed by atoms with Crippen molar-refractivity contribution in [1.82, 2.24) is 25.5 Å². The van der Waals surface area contributed by atoms with E-state index in [0.29, 0.717) is 12.4 Å². The Labute approximate surface area is 168 Å². The van der Waals surface area contributed by atoms with Gasteiger partial charge in [0.25, 0.3) is 0 Å². The van der Waals surface area contributed by atoms with Gasteiger partial charge in [0.1, 0.15) is 0 Å². The quantitative estimate of drug-likeness (QED) is 0.719. The van der Waals surface area contributed by atoms with E-state index in [2.05, 4.69) is 20.8 Å². The van der Waals surface area contributed by atoms with E-state index in [4.69, 9.17) is 0 Å². The number of hydrogen-bond acceptors (Lipinski definition) is 5. The predicted molar refractivity (Wildman–Crippen MR) is 107 cm³/mol. The molecule has 29 heavy (non-hydrogen) atoms. The van der Waals surface area contributed by atoms with Crippen LogP contribution in [0.4, 0.5) is 5.69 Å². The van der Waals surface area contributed by atoms with E-state index in [1.54, 1.807) is 9.58 Å². The van der Waals surface area contributed by atoms with Crippen LogP contribution in [0.2, 0.25) is 0 Å². The summed E-state index contributed by atoms with van der Waals surface area (Å²) in [6.07, 6.45) is 0.197. The number of nitrogens with one attached hydrogen (secondary N) is 1. The topological polar surface area (TPSA) is 93.0 Å². The van der Waals surface area contributed by atoms with E-state index in [0.717, 1.165) is 16.9 Å². The van der Waals surface area contributed by atoms with Crippen LogP contribution in [-0.2, 0) is 16.1 Å². The molecular weight excluding hydrogens is 368 g/mol.